The van der Waals surface area contributed by atoms with Crippen molar-refractivity contribution in [2.24, 2.45) is 0 Å². The summed E-state index contributed by atoms with van der Waals surface area (Å²) in [7, 11) is 1.71. The van der Waals surface area contributed by atoms with Gasteiger partial charge in [-0.1, -0.05) is 18.2 Å². The smallest absolute Gasteiger partial charge is 0.431 e. The van der Waals surface area contributed by atoms with Gasteiger partial charge in [0.15, 0.2) is 0 Å². The third-order valence-electron chi connectivity index (χ3n) is 6.05. The van der Waals surface area contributed by atoms with Gasteiger partial charge in [-0.3, -0.25) is 4.90 Å². The van der Waals surface area contributed by atoms with Crippen LogP contribution in [0.1, 0.15) is 23.7 Å². The number of aromatic amines is 1. The molecule has 4 heterocycles. The molecule has 2 aliphatic heterocycles. The number of benzene rings is 1. The van der Waals surface area contributed by atoms with Crippen LogP contribution in [0.15, 0.2) is 36.7 Å². The molecule has 0 spiro atoms. The number of anilines is 1. The second-order valence-corrected chi connectivity index (χ2v) is 7.84. The molecule has 7 nitrogen and oxygen atoms in total. The monoisotopic (exact) mass is 433 g/mol. The average molecular weight is 433 g/mol. The van der Waals surface area contributed by atoms with Crippen LogP contribution in [-0.2, 0) is 10.9 Å². The van der Waals surface area contributed by atoms with Crippen molar-refractivity contribution in [2.75, 3.05) is 32.1 Å². The number of hydrogen-bond acceptors (Lipinski definition) is 6. The first-order chi connectivity index (χ1) is 14.9. The van der Waals surface area contributed by atoms with Gasteiger partial charge in [0.25, 0.3) is 0 Å². The van der Waals surface area contributed by atoms with Gasteiger partial charge >= 0.3 is 6.18 Å². The Bertz CT molecular complexity index is 1090. The van der Waals surface area contributed by atoms with E-state index in [1.54, 1.807) is 7.11 Å². The van der Waals surface area contributed by atoms with Crippen LogP contribution < -0.4 is 10.1 Å². The second kappa shape index (κ2) is 7.69. The molecule has 31 heavy (non-hydrogen) atoms. The number of halogens is 3. The SMILES string of the molecule is COC1CCN(C2COc3ccccc3C2Nc2ncnc3[nH]c(C(F)(F)F)cc23)C1. The van der Waals surface area contributed by atoms with Crippen molar-refractivity contribution in [3.05, 3.63) is 47.9 Å². The lowest BCUT2D eigenvalue weighted by atomic mass is 9.95. The fraction of sp³-hybridized carbons (Fsp3) is 0.429. The minimum atomic E-state index is -4.49. The molecule has 0 saturated carbocycles. The van der Waals surface area contributed by atoms with E-state index in [0.29, 0.717) is 17.8 Å². The highest BCUT2D eigenvalue weighted by atomic mass is 19.4. The number of fused-ring (bicyclic) bond motifs is 2. The lowest BCUT2D eigenvalue weighted by molar-refractivity contribution is -0.140. The average Bonchev–Trinajstić information content (AvgIpc) is 3.41. The van der Waals surface area contributed by atoms with Crippen LogP contribution in [0, 0.1) is 0 Å². The highest BCUT2D eigenvalue weighted by Gasteiger charge is 2.39. The molecule has 2 aliphatic rings. The number of methoxy groups -OCH3 is 1. The standard InChI is InChI=1S/C21H22F3N5O2/c1-30-12-6-7-29(9-12)15-10-31-16-5-3-2-4-13(16)18(15)28-20-14-8-17(21(22,23)24)27-19(14)25-11-26-20/h2-5,8,11-12,15,18H,6-7,9-10H2,1H3,(H2,25,26,27,28). The molecule has 0 aliphatic carbocycles. The number of H-pyrrole nitrogens is 1. The lowest BCUT2D eigenvalue weighted by Gasteiger charge is -2.39. The molecule has 1 fully saturated rings. The summed E-state index contributed by atoms with van der Waals surface area (Å²) in [6.07, 6.45) is -2.15. The first kappa shape index (κ1) is 20.1. The summed E-state index contributed by atoms with van der Waals surface area (Å²) in [5, 5.41) is 3.70. The highest BCUT2D eigenvalue weighted by Crippen LogP contribution is 2.39. The van der Waals surface area contributed by atoms with Gasteiger partial charge in [-0.25, -0.2) is 9.97 Å². The molecule has 1 saturated heterocycles. The lowest BCUT2D eigenvalue weighted by Crippen LogP contribution is -2.47. The minimum absolute atomic E-state index is 0.0268. The molecule has 164 valence electrons. The van der Waals surface area contributed by atoms with E-state index in [9.17, 15) is 13.2 Å². The number of likely N-dealkylation sites (tertiary alicyclic amines) is 1. The molecular formula is C21H22F3N5O2. The first-order valence-corrected chi connectivity index (χ1v) is 10.1. The maximum atomic E-state index is 13.2. The number of aromatic nitrogens is 3. The van der Waals surface area contributed by atoms with E-state index in [2.05, 4.69) is 25.2 Å². The summed E-state index contributed by atoms with van der Waals surface area (Å²) in [6, 6.07) is 8.50. The normalized spacial score (nSPS) is 24.2. The second-order valence-electron chi connectivity index (χ2n) is 7.84. The van der Waals surface area contributed by atoms with Crippen LogP contribution in [0.25, 0.3) is 11.0 Å². The molecule has 3 aromatic rings. The van der Waals surface area contributed by atoms with Crippen LogP contribution in [0.3, 0.4) is 0 Å². The van der Waals surface area contributed by atoms with Gasteiger partial charge in [0.05, 0.1) is 23.6 Å². The van der Waals surface area contributed by atoms with E-state index >= 15 is 0 Å². The van der Waals surface area contributed by atoms with Crippen LogP contribution >= 0.6 is 0 Å². The molecule has 3 atom stereocenters. The summed E-state index contributed by atoms with van der Waals surface area (Å²) in [5.74, 6) is 1.11. The number of nitrogens with zero attached hydrogens (tertiary/aromatic N) is 3. The summed E-state index contributed by atoms with van der Waals surface area (Å²) in [5.41, 5.74) is 0.234. The Labute approximate surface area is 176 Å². The maximum absolute atomic E-state index is 13.2. The number of para-hydroxylation sites is 1. The first-order valence-electron chi connectivity index (χ1n) is 10.1. The fourth-order valence-corrected chi connectivity index (χ4v) is 4.44. The predicted molar refractivity (Wildman–Crippen MR) is 108 cm³/mol. The summed E-state index contributed by atoms with van der Waals surface area (Å²) in [6.45, 7) is 2.08. The number of alkyl halides is 3. The van der Waals surface area contributed by atoms with E-state index < -0.39 is 11.9 Å². The number of hydrogen-bond donors (Lipinski definition) is 2. The Morgan fingerprint density at radius 2 is 2.10 bits per heavy atom. The Hall–Kier alpha value is -2.85. The molecular weight excluding hydrogens is 411 g/mol. The number of rotatable bonds is 4. The van der Waals surface area contributed by atoms with Gasteiger partial charge in [-0.15, -0.1) is 0 Å². The summed E-state index contributed by atoms with van der Waals surface area (Å²) in [4.78, 5) is 12.9. The van der Waals surface area contributed by atoms with E-state index in [1.165, 1.54) is 6.33 Å². The zero-order chi connectivity index (χ0) is 21.6. The fourth-order valence-electron chi connectivity index (χ4n) is 4.44. The van der Waals surface area contributed by atoms with Crippen LogP contribution in [0.2, 0.25) is 0 Å². The molecule has 5 rings (SSSR count). The molecule has 2 aromatic heterocycles. The predicted octanol–water partition coefficient (Wildman–Crippen LogP) is 3.61. The Morgan fingerprint density at radius 1 is 1.26 bits per heavy atom. The molecule has 1 aromatic carbocycles. The van der Waals surface area contributed by atoms with E-state index in [4.69, 9.17) is 9.47 Å². The van der Waals surface area contributed by atoms with Gasteiger partial charge in [-0.2, -0.15) is 13.2 Å². The van der Waals surface area contributed by atoms with Crippen molar-refractivity contribution in [1.82, 2.24) is 19.9 Å². The molecule has 0 bridgehead atoms. The molecule has 0 radical (unpaired) electrons. The van der Waals surface area contributed by atoms with E-state index in [-0.39, 0.29) is 23.8 Å². The molecule has 3 unspecified atom stereocenters. The number of nitrogens with one attached hydrogen (secondary N) is 2. The minimum Gasteiger partial charge on any atom is -0.491 e. The van der Waals surface area contributed by atoms with Gasteiger partial charge in [0.2, 0.25) is 0 Å². The highest BCUT2D eigenvalue weighted by molar-refractivity contribution is 5.88. The Morgan fingerprint density at radius 3 is 2.87 bits per heavy atom. The molecule has 2 N–H and O–H groups in total. The van der Waals surface area contributed by atoms with Gasteiger partial charge in [-0.05, 0) is 18.6 Å². The van der Waals surface area contributed by atoms with Gasteiger partial charge in [0.1, 0.15) is 35.8 Å². The summed E-state index contributed by atoms with van der Waals surface area (Å²) >= 11 is 0. The third-order valence-corrected chi connectivity index (χ3v) is 6.05. The van der Waals surface area contributed by atoms with Crippen molar-refractivity contribution in [3.8, 4) is 5.75 Å². The number of ether oxygens (including phenoxy) is 2. The van der Waals surface area contributed by atoms with Gasteiger partial charge in [0, 0.05) is 25.8 Å². The van der Waals surface area contributed by atoms with E-state index in [1.807, 2.05) is 24.3 Å². The van der Waals surface area contributed by atoms with Crippen molar-refractivity contribution >= 4 is 16.9 Å². The van der Waals surface area contributed by atoms with E-state index in [0.717, 1.165) is 36.9 Å². The van der Waals surface area contributed by atoms with Crippen LogP contribution in [-0.4, -0.2) is 58.8 Å². The van der Waals surface area contributed by atoms with Gasteiger partial charge < -0.3 is 19.8 Å². The topological polar surface area (TPSA) is 75.3 Å². The maximum Gasteiger partial charge on any atom is 0.431 e. The molecule has 10 heteroatoms. The van der Waals surface area contributed by atoms with Crippen molar-refractivity contribution < 1.29 is 22.6 Å². The zero-order valence-electron chi connectivity index (χ0n) is 16.8. The van der Waals surface area contributed by atoms with Crippen LogP contribution in [0.5, 0.6) is 5.75 Å². The Balaban J connectivity index is 1.52. The van der Waals surface area contributed by atoms with Crippen molar-refractivity contribution in [3.63, 3.8) is 0 Å². The van der Waals surface area contributed by atoms with Crippen LogP contribution in [0.4, 0.5) is 19.0 Å². The quantitative estimate of drug-likeness (QED) is 0.655. The Kier molecular flexibility index (Phi) is 4.98. The largest absolute Gasteiger partial charge is 0.491 e. The molecule has 0 amide bonds. The zero-order valence-corrected chi connectivity index (χ0v) is 16.8. The van der Waals surface area contributed by atoms with Crippen molar-refractivity contribution in [2.45, 2.75) is 30.8 Å². The van der Waals surface area contributed by atoms with Crippen molar-refractivity contribution in [1.29, 1.82) is 0 Å². The summed E-state index contributed by atoms with van der Waals surface area (Å²) < 4.78 is 51.2. The third kappa shape index (κ3) is 3.70.